The van der Waals surface area contributed by atoms with Crippen molar-refractivity contribution in [3.05, 3.63) is 59.2 Å². The van der Waals surface area contributed by atoms with Gasteiger partial charge in [0.2, 0.25) is 0 Å². The van der Waals surface area contributed by atoms with Gasteiger partial charge in [-0.05, 0) is 38.1 Å². The Hall–Kier alpha value is -2.86. The fourth-order valence-electron chi connectivity index (χ4n) is 2.79. The Bertz CT molecular complexity index is 816. The number of anilines is 1. The van der Waals surface area contributed by atoms with E-state index in [0.29, 0.717) is 11.1 Å². The van der Waals surface area contributed by atoms with E-state index in [1.165, 1.54) is 23.1 Å². The van der Waals surface area contributed by atoms with Gasteiger partial charge in [-0.25, -0.2) is 0 Å². The van der Waals surface area contributed by atoms with Crippen molar-refractivity contribution in [3.8, 4) is 5.75 Å². The van der Waals surface area contributed by atoms with Crippen LogP contribution in [0.5, 0.6) is 5.75 Å². The van der Waals surface area contributed by atoms with Gasteiger partial charge in [-0.3, -0.25) is 14.5 Å². The van der Waals surface area contributed by atoms with Crippen molar-refractivity contribution >= 4 is 17.5 Å². The number of hydrogen-bond donors (Lipinski definition) is 3. The Morgan fingerprint density at radius 1 is 1.21 bits per heavy atom. The number of carbonyl (C=O) groups excluding carboxylic acids is 2. The summed E-state index contributed by atoms with van der Waals surface area (Å²) in [5, 5.41) is 23.0. The molecule has 24 heavy (non-hydrogen) atoms. The molecule has 1 aliphatic rings. The molecule has 6 heteroatoms. The van der Waals surface area contributed by atoms with Gasteiger partial charge >= 0.3 is 0 Å². The number of nitrogens with one attached hydrogen (secondary N) is 1. The Morgan fingerprint density at radius 2 is 1.92 bits per heavy atom. The maximum Gasteiger partial charge on any atom is 0.261 e. The summed E-state index contributed by atoms with van der Waals surface area (Å²) in [7, 11) is 0. The summed E-state index contributed by atoms with van der Waals surface area (Å²) in [5.74, 6) is -0.902. The van der Waals surface area contributed by atoms with Crippen LogP contribution in [-0.4, -0.2) is 28.1 Å². The van der Waals surface area contributed by atoms with Gasteiger partial charge in [0, 0.05) is 17.2 Å². The zero-order chi connectivity index (χ0) is 17.4. The Morgan fingerprint density at radius 3 is 2.58 bits per heavy atom. The molecule has 0 radical (unpaired) electrons. The van der Waals surface area contributed by atoms with Gasteiger partial charge in [0.05, 0.1) is 11.3 Å². The first-order valence-corrected chi connectivity index (χ1v) is 7.64. The van der Waals surface area contributed by atoms with Gasteiger partial charge in [0.25, 0.3) is 11.8 Å². The van der Waals surface area contributed by atoms with Gasteiger partial charge in [-0.1, -0.05) is 18.2 Å². The molecule has 1 heterocycles. The Balaban J connectivity index is 2.08. The molecule has 0 spiro atoms. The smallest absolute Gasteiger partial charge is 0.261 e. The van der Waals surface area contributed by atoms with Crippen molar-refractivity contribution in [2.45, 2.75) is 26.1 Å². The number of aromatic hydroxyl groups is 1. The maximum atomic E-state index is 12.7. The third-order valence-electron chi connectivity index (χ3n) is 3.84. The summed E-state index contributed by atoms with van der Waals surface area (Å²) in [5.41, 5.74) is 1.27. The molecule has 0 fully saturated rings. The van der Waals surface area contributed by atoms with Crippen LogP contribution in [0.15, 0.2) is 42.5 Å². The number of nitrogens with zero attached hydrogens (tertiary/aromatic N) is 1. The molecule has 1 atom stereocenters. The van der Waals surface area contributed by atoms with Crippen molar-refractivity contribution in [2.75, 3.05) is 4.90 Å². The molecule has 3 rings (SSSR count). The molecule has 0 unspecified atom stereocenters. The number of benzene rings is 2. The fraction of sp³-hybridized carbons (Fsp3) is 0.222. The lowest BCUT2D eigenvalue weighted by Gasteiger charge is -2.24. The van der Waals surface area contributed by atoms with Crippen LogP contribution in [0.25, 0.3) is 0 Å². The molecule has 124 valence electrons. The predicted molar refractivity (Wildman–Crippen MR) is 88.9 cm³/mol. The monoisotopic (exact) mass is 326 g/mol. The van der Waals surface area contributed by atoms with E-state index in [0.717, 1.165) is 0 Å². The number of aliphatic hydroxyl groups is 1. The highest BCUT2D eigenvalue weighted by Crippen LogP contribution is 2.38. The quantitative estimate of drug-likeness (QED) is 0.806. The van der Waals surface area contributed by atoms with Crippen LogP contribution in [0, 0.1) is 0 Å². The van der Waals surface area contributed by atoms with Gasteiger partial charge in [-0.2, -0.15) is 0 Å². The van der Waals surface area contributed by atoms with E-state index >= 15 is 0 Å². The van der Waals surface area contributed by atoms with Crippen LogP contribution < -0.4 is 10.2 Å². The fourth-order valence-corrected chi connectivity index (χ4v) is 2.79. The summed E-state index contributed by atoms with van der Waals surface area (Å²) in [4.78, 5) is 26.3. The third kappa shape index (κ3) is 2.61. The summed E-state index contributed by atoms with van der Waals surface area (Å²) in [6, 6.07) is 10.8. The molecule has 6 nitrogen and oxygen atoms in total. The Labute approximate surface area is 139 Å². The van der Waals surface area contributed by atoms with E-state index < -0.39 is 12.1 Å². The van der Waals surface area contributed by atoms with Gasteiger partial charge < -0.3 is 15.5 Å². The lowest BCUT2D eigenvalue weighted by atomic mass is 10.1. The zero-order valence-electron chi connectivity index (χ0n) is 13.4. The predicted octanol–water partition coefficient (Wildman–Crippen LogP) is 2.18. The molecule has 2 aromatic rings. The lowest BCUT2D eigenvalue weighted by molar-refractivity contribution is 0.0931. The van der Waals surface area contributed by atoms with Crippen LogP contribution in [-0.2, 0) is 0 Å². The number of phenolic OH excluding ortho intramolecular Hbond substituents is 1. The highest BCUT2D eigenvalue weighted by molar-refractivity contribution is 6.14. The summed E-state index contributed by atoms with van der Waals surface area (Å²) in [6.45, 7) is 3.62. The van der Waals surface area contributed by atoms with Gasteiger partial charge in [0.1, 0.15) is 5.75 Å². The zero-order valence-corrected chi connectivity index (χ0v) is 13.4. The summed E-state index contributed by atoms with van der Waals surface area (Å²) in [6.07, 6.45) is -1.18. The van der Waals surface area contributed by atoms with E-state index in [9.17, 15) is 19.8 Å². The first kappa shape index (κ1) is 16.0. The molecule has 0 saturated carbocycles. The second-order valence-corrected chi connectivity index (χ2v) is 5.97. The summed E-state index contributed by atoms with van der Waals surface area (Å²) < 4.78 is 0. The molecule has 0 aliphatic carbocycles. The van der Waals surface area contributed by atoms with E-state index in [-0.39, 0.29) is 28.9 Å². The van der Waals surface area contributed by atoms with Crippen LogP contribution in [0.2, 0.25) is 0 Å². The van der Waals surface area contributed by atoms with Crippen molar-refractivity contribution in [1.82, 2.24) is 5.32 Å². The SMILES string of the molecule is CC(C)NC(=O)c1cc(O)ccc1N1C(=O)c2ccccc2[C@@H]1O. The minimum absolute atomic E-state index is 0.0914. The Kier molecular flexibility index (Phi) is 3.99. The van der Waals surface area contributed by atoms with Crippen LogP contribution in [0.1, 0.15) is 46.4 Å². The standard InChI is InChI=1S/C18H18N2O4/c1-10(2)19-16(22)14-9-11(21)7-8-15(14)20-17(23)12-5-3-4-6-13(12)18(20)24/h3-10,17,21,23H,1-2H3,(H,19,22)/t17-/m0/s1. The molecule has 1 aliphatic heterocycles. The number of carbonyl (C=O) groups is 2. The molecule has 0 aromatic heterocycles. The minimum atomic E-state index is -1.18. The average molecular weight is 326 g/mol. The molecular weight excluding hydrogens is 308 g/mol. The topological polar surface area (TPSA) is 89.9 Å². The van der Waals surface area contributed by atoms with E-state index in [1.807, 2.05) is 13.8 Å². The molecule has 0 bridgehead atoms. The summed E-state index contributed by atoms with van der Waals surface area (Å²) >= 11 is 0. The van der Waals surface area contributed by atoms with E-state index in [4.69, 9.17) is 0 Å². The molecule has 2 aromatic carbocycles. The molecule has 2 amide bonds. The second kappa shape index (κ2) is 5.98. The average Bonchev–Trinajstić information content (AvgIpc) is 2.79. The number of rotatable bonds is 3. The normalized spacial score (nSPS) is 16.4. The van der Waals surface area contributed by atoms with Crippen LogP contribution in [0.4, 0.5) is 5.69 Å². The second-order valence-electron chi connectivity index (χ2n) is 5.97. The molecule has 3 N–H and O–H groups in total. The third-order valence-corrected chi connectivity index (χ3v) is 3.84. The number of phenols is 1. The highest BCUT2D eigenvalue weighted by atomic mass is 16.3. The number of aliphatic hydroxyl groups excluding tert-OH is 1. The molecular formula is C18H18N2O4. The molecule has 0 saturated heterocycles. The number of fused-ring (bicyclic) bond motifs is 1. The number of amides is 2. The van der Waals surface area contributed by atoms with Crippen molar-refractivity contribution < 1.29 is 19.8 Å². The highest BCUT2D eigenvalue weighted by Gasteiger charge is 2.38. The van der Waals surface area contributed by atoms with Crippen molar-refractivity contribution in [2.24, 2.45) is 0 Å². The van der Waals surface area contributed by atoms with Gasteiger partial charge in [0.15, 0.2) is 6.23 Å². The maximum absolute atomic E-state index is 12.7. The van der Waals surface area contributed by atoms with Crippen LogP contribution in [0.3, 0.4) is 0 Å². The first-order valence-electron chi connectivity index (χ1n) is 7.64. The largest absolute Gasteiger partial charge is 0.508 e. The first-order chi connectivity index (χ1) is 11.4. The van der Waals surface area contributed by atoms with Crippen LogP contribution >= 0.6 is 0 Å². The number of hydrogen-bond acceptors (Lipinski definition) is 4. The van der Waals surface area contributed by atoms with Crippen molar-refractivity contribution in [1.29, 1.82) is 0 Å². The lowest BCUT2D eigenvalue weighted by Crippen LogP contribution is -2.34. The van der Waals surface area contributed by atoms with E-state index in [1.54, 1.807) is 24.3 Å². The van der Waals surface area contributed by atoms with Crippen molar-refractivity contribution in [3.63, 3.8) is 0 Å². The minimum Gasteiger partial charge on any atom is -0.508 e. The van der Waals surface area contributed by atoms with E-state index in [2.05, 4.69) is 5.32 Å². The van der Waals surface area contributed by atoms with Gasteiger partial charge in [-0.15, -0.1) is 0 Å².